The number of benzene rings is 2. The average Bonchev–Trinajstić information content (AvgIpc) is 3.37. The first-order chi connectivity index (χ1) is 13.8. The maximum absolute atomic E-state index is 7.27. The van der Waals surface area contributed by atoms with E-state index in [9.17, 15) is 0 Å². The first kappa shape index (κ1) is 17.5. The highest BCUT2D eigenvalue weighted by Crippen LogP contribution is 2.50. The summed E-state index contributed by atoms with van der Waals surface area (Å²) in [7, 11) is 0. The lowest BCUT2D eigenvalue weighted by Crippen LogP contribution is -2.46. The van der Waals surface area contributed by atoms with Crippen LogP contribution in [0.15, 0.2) is 54.7 Å². The van der Waals surface area contributed by atoms with Gasteiger partial charge in [0.05, 0.1) is 6.57 Å². The number of hydrogen-bond acceptors (Lipinski definition) is 2. The number of piperazine rings is 1. The maximum atomic E-state index is 7.27. The lowest BCUT2D eigenvalue weighted by Gasteiger charge is -2.34. The molecule has 2 unspecified atom stereocenters. The SMILES string of the molecule is [C-]#[N+]c1ccc2[nH]cc(C3CC3CN3CCN(Cc4ccccc4)CC3)c2c1. The minimum absolute atomic E-state index is 0.650. The Balaban J connectivity index is 1.16. The third-order valence-electron chi connectivity index (χ3n) is 6.36. The van der Waals surface area contributed by atoms with E-state index in [2.05, 4.69) is 56.2 Å². The van der Waals surface area contributed by atoms with Crippen molar-refractivity contribution in [2.24, 2.45) is 5.92 Å². The van der Waals surface area contributed by atoms with Crippen LogP contribution >= 0.6 is 0 Å². The molecule has 2 heterocycles. The molecule has 1 saturated carbocycles. The van der Waals surface area contributed by atoms with E-state index in [1.165, 1.54) is 42.6 Å². The van der Waals surface area contributed by atoms with E-state index >= 15 is 0 Å². The number of hydrogen-bond donors (Lipinski definition) is 1. The second-order valence-corrected chi connectivity index (χ2v) is 8.25. The number of fused-ring (bicyclic) bond motifs is 1. The van der Waals surface area contributed by atoms with Gasteiger partial charge in [0.25, 0.3) is 0 Å². The van der Waals surface area contributed by atoms with Crippen molar-refractivity contribution in [3.05, 3.63) is 77.3 Å². The summed E-state index contributed by atoms with van der Waals surface area (Å²) in [6, 6.07) is 16.8. The highest BCUT2D eigenvalue weighted by atomic mass is 15.3. The zero-order valence-corrected chi connectivity index (χ0v) is 16.1. The molecule has 4 heteroatoms. The van der Waals surface area contributed by atoms with E-state index in [0.717, 1.165) is 36.8 Å². The lowest BCUT2D eigenvalue weighted by molar-refractivity contribution is 0.123. The fourth-order valence-corrected chi connectivity index (χ4v) is 4.64. The van der Waals surface area contributed by atoms with Crippen molar-refractivity contribution in [1.29, 1.82) is 0 Å². The van der Waals surface area contributed by atoms with E-state index in [-0.39, 0.29) is 0 Å². The van der Waals surface area contributed by atoms with Gasteiger partial charge in [-0.1, -0.05) is 36.4 Å². The van der Waals surface area contributed by atoms with Crippen LogP contribution in [0.3, 0.4) is 0 Å². The van der Waals surface area contributed by atoms with Gasteiger partial charge < -0.3 is 9.88 Å². The Morgan fingerprint density at radius 2 is 1.79 bits per heavy atom. The van der Waals surface area contributed by atoms with Crippen molar-refractivity contribution in [3.8, 4) is 0 Å². The summed E-state index contributed by atoms with van der Waals surface area (Å²) in [5.74, 6) is 1.41. The lowest BCUT2D eigenvalue weighted by atomic mass is 10.1. The molecule has 1 aromatic heterocycles. The number of nitrogens with zero attached hydrogens (tertiary/aromatic N) is 3. The Kier molecular flexibility index (Phi) is 4.64. The Labute approximate surface area is 166 Å². The van der Waals surface area contributed by atoms with E-state index in [4.69, 9.17) is 6.57 Å². The van der Waals surface area contributed by atoms with Crippen molar-refractivity contribution in [1.82, 2.24) is 14.8 Å². The van der Waals surface area contributed by atoms with Gasteiger partial charge in [0.2, 0.25) is 0 Å². The normalized spacial score (nSPS) is 23.0. The molecule has 1 N–H and O–H groups in total. The van der Waals surface area contributed by atoms with E-state index in [0.29, 0.717) is 5.92 Å². The number of aromatic amines is 1. The molecule has 2 aromatic carbocycles. The number of rotatable bonds is 5. The van der Waals surface area contributed by atoms with Crippen LogP contribution in [0.4, 0.5) is 5.69 Å². The minimum Gasteiger partial charge on any atom is -0.361 e. The second-order valence-electron chi connectivity index (χ2n) is 8.25. The van der Waals surface area contributed by atoms with Gasteiger partial charge in [0.1, 0.15) is 0 Å². The van der Waals surface area contributed by atoms with Crippen LogP contribution in [0.25, 0.3) is 15.7 Å². The van der Waals surface area contributed by atoms with Crippen LogP contribution in [-0.2, 0) is 6.54 Å². The summed E-state index contributed by atoms with van der Waals surface area (Å²) in [5.41, 5.74) is 4.72. The average molecular weight is 371 g/mol. The van der Waals surface area contributed by atoms with Crippen molar-refractivity contribution >= 4 is 16.6 Å². The van der Waals surface area contributed by atoms with Gasteiger partial charge in [-0.2, -0.15) is 0 Å². The van der Waals surface area contributed by atoms with Gasteiger partial charge in [-0.25, -0.2) is 4.85 Å². The fourth-order valence-electron chi connectivity index (χ4n) is 4.64. The van der Waals surface area contributed by atoms with Gasteiger partial charge >= 0.3 is 0 Å². The van der Waals surface area contributed by atoms with Gasteiger partial charge in [0.15, 0.2) is 5.69 Å². The van der Waals surface area contributed by atoms with Crippen molar-refractivity contribution in [2.45, 2.75) is 18.9 Å². The summed E-state index contributed by atoms with van der Waals surface area (Å²) in [4.78, 5) is 12.2. The Bertz CT molecular complexity index is 992. The molecule has 1 aliphatic heterocycles. The molecular formula is C24H26N4. The first-order valence-electron chi connectivity index (χ1n) is 10.3. The Morgan fingerprint density at radius 3 is 2.57 bits per heavy atom. The quantitative estimate of drug-likeness (QED) is 0.662. The monoisotopic (exact) mass is 370 g/mol. The fraction of sp³-hybridized carbons (Fsp3) is 0.375. The van der Waals surface area contributed by atoms with Crippen molar-refractivity contribution < 1.29 is 0 Å². The molecule has 3 aromatic rings. The molecule has 28 heavy (non-hydrogen) atoms. The van der Waals surface area contributed by atoms with Gasteiger partial charge in [-0.05, 0) is 46.9 Å². The zero-order chi connectivity index (χ0) is 18.9. The molecule has 4 nitrogen and oxygen atoms in total. The molecule has 1 saturated heterocycles. The zero-order valence-electron chi connectivity index (χ0n) is 16.1. The van der Waals surface area contributed by atoms with Crippen molar-refractivity contribution in [2.75, 3.05) is 32.7 Å². The van der Waals surface area contributed by atoms with Gasteiger partial charge in [-0.15, -0.1) is 0 Å². The summed E-state index contributed by atoms with van der Waals surface area (Å²) in [6.07, 6.45) is 3.44. The van der Waals surface area contributed by atoms with Crippen LogP contribution < -0.4 is 0 Å². The number of aromatic nitrogens is 1. The minimum atomic E-state index is 0.650. The molecule has 2 fully saturated rings. The molecule has 0 radical (unpaired) electrons. The highest BCUT2D eigenvalue weighted by Gasteiger charge is 2.40. The third-order valence-corrected chi connectivity index (χ3v) is 6.36. The molecule has 142 valence electrons. The van der Waals surface area contributed by atoms with Gasteiger partial charge in [0, 0.05) is 51.0 Å². The summed E-state index contributed by atoms with van der Waals surface area (Å²) in [5, 5.41) is 1.24. The molecule has 0 bridgehead atoms. The van der Waals surface area contributed by atoms with Crippen LogP contribution in [0.5, 0.6) is 0 Å². The van der Waals surface area contributed by atoms with Crippen molar-refractivity contribution in [3.63, 3.8) is 0 Å². The second kappa shape index (κ2) is 7.43. The summed E-state index contributed by atoms with van der Waals surface area (Å²) >= 11 is 0. The van der Waals surface area contributed by atoms with E-state index < -0.39 is 0 Å². The molecular weight excluding hydrogens is 344 g/mol. The number of H-pyrrole nitrogens is 1. The van der Waals surface area contributed by atoms with Crippen LogP contribution in [0.1, 0.15) is 23.5 Å². The highest BCUT2D eigenvalue weighted by molar-refractivity contribution is 5.87. The molecule has 2 atom stereocenters. The van der Waals surface area contributed by atoms with Gasteiger partial charge in [-0.3, -0.25) is 4.90 Å². The molecule has 1 aliphatic carbocycles. The summed E-state index contributed by atoms with van der Waals surface area (Å²) < 4.78 is 0. The van der Waals surface area contributed by atoms with E-state index in [1.807, 2.05) is 18.2 Å². The molecule has 0 amide bonds. The van der Waals surface area contributed by atoms with Crippen LogP contribution in [0.2, 0.25) is 0 Å². The van der Waals surface area contributed by atoms with Crippen LogP contribution in [-0.4, -0.2) is 47.5 Å². The Morgan fingerprint density at radius 1 is 1.00 bits per heavy atom. The standard InChI is InChI=1S/C24H26N4/c1-25-20-7-8-24-22(14-20)23(15-26-24)21-13-19(21)17-28-11-9-27(10-12-28)16-18-5-3-2-4-6-18/h2-8,14-15,19,21,26H,9-13,16-17H2. The Hall–Kier alpha value is -2.61. The smallest absolute Gasteiger partial charge is 0.187 e. The molecule has 5 rings (SSSR count). The van der Waals surface area contributed by atoms with E-state index in [1.54, 1.807) is 0 Å². The maximum Gasteiger partial charge on any atom is 0.187 e. The molecule has 0 spiro atoms. The molecule has 2 aliphatic rings. The largest absolute Gasteiger partial charge is 0.361 e. The first-order valence-corrected chi connectivity index (χ1v) is 10.3. The predicted molar refractivity (Wildman–Crippen MR) is 114 cm³/mol. The summed E-state index contributed by atoms with van der Waals surface area (Å²) in [6.45, 7) is 14.2. The number of nitrogens with one attached hydrogen (secondary N) is 1. The van der Waals surface area contributed by atoms with Crippen LogP contribution in [0, 0.1) is 12.5 Å². The predicted octanol–water partition coefficient (Wildman–Crippen LogP) is 4.64. The third kappa shape index (κ3) is 3.56. The topological polar surface area (TPSA) is 26.6 Å².